The van der Waals surface area contributed by atoms with Gasteiger partial charge in [0.15, 0.2) is 9.84 Å². The van der Waals surface area contributed by atoms with E-state index in [0.29, 0.717) is 18.4 Å². The van der Waals surface area contributed by atoms with Crippen LogP contribution in [0.3, 0.4) is 0 Å². The summed E-state index contributed by atoms with van der Waals surface area (Å²) in [5.41, 5.74) is 0.950. The van der Waals surface area contributed by atoms with E-state index in [4.69, 9.17) is 0 Å². The summed E-state index contributed by atoms with van der Waals surface area (Å²) in [6.45, 7) is 1.44. The second kappa shape index (κ2) is 5.85. The highest BCUT2D eigenvalue weighted by molar-refractivity contribution is 7.91. The Labute approximate surface area is 129 Å². The van der Waals surface area contributed by atoms with Crippen molar-refractivity contribution >= 4 is 20.7 Å². The molecule has 2 aromatic rings. The first-order chi connectivity index (χ1) is 10.5. The first-order valence-electron chi connectivity index (χ1n) is 7.49. The molecular formula is C16H20N2O3S. The lowest BCUT2D eigenvalue weighted by Gasteiger charge is -2.22. The quantitative estimate of drug-likeness (QED) is 0.923. The molecule has 6 heteroatoms. The molecule has 0 aliphatic carbocycles. The number of piperidine rings is 1. The predicted octanol–water partition coefficient (Wildman–Crippen LogP) is 1.21. The van der Waals surface area contributed by atoms with Gasteiger partial charge < -0.3 is 9.88 Å². The van der Waals surface area contributed by atoms with Crippen molar-refractivity contribution in [1.29, 1.82) is 0 Å². The summed E-state index contributed by atoms with van der Waals surface area (Å²) in [4.78, 5) is 12.4. The standard InChI is InChI=1S/C16H20N2O3S/c1-18-15-5-3-2-4-12(15)10-13(16(18)19)11-22(20,21)14-6-8-17-9-7-14/h2-5,10,14,17H,6-9,11H2,1H3. The largest absolute Gasteiger partial charge is 0.317 e. The van der Waals surface area contributed by atoms with E-state index >= 15 is 0 Å². The molecule has 3 rings (SSSR count). The zero-order valence-electron chi connectivity index (χ0n) is 12.6. The summed E-state index contributed by atoms with van der Waals surface area (Å²) < 4.78 is 26.7. The van der Waals surface area contributed by atoms with Gasteiger partial charge in [0, 0.05) is 12.6 Å². The van der Waals surface area contributed by atoms with E-state index in [0.717, 1.165) is 24.0 Å². The van der Waals surface area contributed by atoms with Crippen LogP contribution in [0.25, 0.3) is 10.9 Å². The smallest absolute Gasteiger partial charge is 0.255 e. The normalized spacial score (nSPS) is 17.0. The van der Waals surface area contributed by atoms with E-state index in [2.05, 4.69) is 5.32 Å². The minimum atomic E-state index is -3.30. The minimum Gasteiger partial charge on any atom is -0.317 e. The van der Waals surface area contributed by atoms with Crippen molar-refractivity contribution in [3.05, 3.63) is 46.2 Å². The third-order valence-electron chi connectivity index (χ3n) is 4.36. The Morgan fingerprint density at radius 3 is 2.64 bits per heavy atom. The number of hydrogen-bond acceptors (Lipinski definition) is 4. The van der Waals surface area contributed by atoms with Gasteiger partial charge in [-0.1, -0.05) is 18.2 Å². The molecule has 1 aliphatic rings. The van der Waals surface area contributed by atoms with Gasteiger partial charge in [-0.3, -0.25) is 4.79 Å². The Hall–Kier alpha value is -1.66. The Morgan fingerprint density at radius 2 is 1.91 bits per heavy atom. The summed E-state index contributed by atoms with van der Waals surface area (Å²) in [5.74, 6) is -0.171. The molecule has 0 unspecified atom stereocenters. The average Bonchev–Trinajstić information content (AvgIpc) is 2.53. The molecule has 118 valence electrons. The lowest BCUT2D eigenvalue weighted by molar-refractivity contribution is 0.495. The van der Waals surface area contributed by atoms with E-state index < -0.39 is 9.84 Å². The highest BCUT2D eigenvalue weighted by atomic mass is 32.2. The number of benzene rings is 1. The number of nitrogens with zero attached hydrogens (tertiary/aromatic N) is 1. The van der Waals surface area contributed by atoms with Gasteiger partial charge in [-0.15, -0.1) is 0 Å². The van der Waals surface area contributed by atoms with Crippen LogP contribution in [0.15, 0.2) is 35.1 Å². The summed E-state index contributed by atoms with van der Waals surface area (Å²) in [7, 11) is -1.61. The molecule has 1 aromatic carbocycles. The molecule has 1 aromatic heterocycles. The fourth-order valence-electron chi connectivity index (χ4n) is 3.08. The Kier molecular flexibility index (Phi) is 4.06. The van der Waals surface area contributed by atoms with Crippen LogP contribution >= 0.6 is 0 Å². The van der Waals surface area contributed by atoms with Crippen molar-refractivity contribution in [2.45, 2.75) is 23.8 Å². The summed E-state index contributed by atoms with van der Waals surface area (Å²) in [5, 5.41) is 3.71. The maximum Gasteiger partial charge on any atom is 0.255 e. The molecule has 1 N–H and O–H groups in total. The third-order valence-corrected chi connectivity index (χ3v) is 6.56. The highest BCUT2D eigenvalue weighted by Crippen LogP contribution is 2.19. The van der Waals surface area contributed by atoms with Crippen LogP contribution in [0.5, 0.6) is 0 Å². The van der Waals surface area contributed by atoms with E-state index in [-0.39, 0.29) is 16.6 Å². The molecule has 0 spiro atoms. The monoisotopic (exact) mass is 320 g/mol. The van der Waals surface area contributed by atoms with Crippen molar-refractivity contribution in [1.82, 2.24) is 9.88 Å². The number of fused-ring (bicyclic) bond motifs is 1. The average molecular weight is 320 g/mol. The summed E-state index contributed by atoms with van der Waals surface area (Å²) in [6.07, 6.45) is 1.24. The van der Waals surface area contributed by atoms with Crippen molar-refractivity contribution in [2.24, 2.45) is 7.05 Å². The molecule has 0 radical (unpaired) electrons. The number of para-hydroxylation sites is 1. The van der Waals surface area contributed by atoms with Gasteiger partial charge >= 0.3 is 0 Å². The molecule has 0 bridgehead atoms. The fraction of sp³-hybridized carbons (Fsp3) is 0.438. The topological polar surface area (TPSA) is 68.2 Å². The van der Waals surface area contributed by atoms with Crippen molar-refractivity contribution in [2.75, 3.05) is 13.1 Å². The maximum absolute atomic E-state index is 12.6. The van der Waals surface area contributed by atoms with Gasteiger partial charge in [0.1, 0.15) is 0 Å². The lowest BCUT2D eigenvalue weighted by atomic mass is 10.1. The second-order valence-corrected chi connectivity index (χ2v) is 8.13. The number of aromatic nitrogens is 1. The van der Waals surface area contributed by atoms with Crippen molar-refractivity contribution < 1.29 is 8.42 Å². The SMILES string of the molecule is Cn1c(=O)c(CS(=O)(=O)C2CCNCC2)cc2ccccc21. The first kappa shape index (κ1) is 15.2. The second-order valence-electron chi connectivity index (χ2n) is 5.85. The number of hydrogen-bond donors (Lipinski definition) is 1. The molecule has 22 heavy (non-hydrogen) atoms. The predicted molar refractivity (Wildman–Crippen MR) is 87.7 cm³/mol. The third kappa shape index (κ3) is 2.80. The van der Waals surface area contributed by atoms with Gasteiger partial charge in [-0.2, -0.15) is 0 Å². The first-order valence-corrected chi connectivity index (χ1v) is 9.20. The van der Waals surface area contributed by atoms with Crippen LogP contribution in [0.4, 0.5) is 0 Å². The van der Waals surface area contributed by atoms with E-state index in [1.165, 1.54) is 4.57 Å². The van der Waals surface area contributed by atoms with Gasteiger partial charge in [0.2, 0.25) is 0 Å². The Morgan fingerprint density at radius 1 is 1.23 bits per heavy atom. The van der Waals surface area contributed by atoms with E-state index in [9.17, 15) is 13.2 Å². The maximum atomic E-state index is 12.6. The number of pyridine rings is 1. The molecule has 0 saturated carbocycles. The van der Waals surface area contributed by atoms with Crippen LogP contribution < -0.4 is 10.9 Å². The lowest BCUT2D eigenvalue weighted by Crippen LogP contribution is -2.37. The zero-order chi connectivity index (χ0) is 15.7. The molecule has 1 aliphatic heterocycles. The van der Waals surface area contributed by atoms with Gasteiger partial charge in [-0.25, -0.2) is 8.42 Å². The van der Waals surface area contributed by atoms with E-state index in [1.807, 2.05) is 24.3 Å². The summed E-state index contributed by atoms with van der Waals surface area (Å²) >= 11 is 0. The number of sulfone groups is 1. The molecule has 1 saturated heterocycles. The number of aryl methyl sites for hydroxylation is 1. The fourth-order valence-corrected chi connectivity index (χ4v) is 4.91. The molecule has 2 heterocycles. The van der Waals surface area contributed by atoms with Crippen LogP contribution in [0.2, 0.25) is 0 Å². The minimum absolute atomic E-state index is 0.171. The Bertz CT molecular complexity index is 849. The zero-order valence-corrected chi connectivity index (χ0v) is 13.4. The molecule has 0 atom stereocenters. The van der Waals surface area contributed by atoms with Gasteiger partial charge in [0.25, 0.3) is 5.56 Å². The highest BCUT2D eigenvalue weighted by Gasteiger charge is 2.28. The van der Waals surface area contributed by atoms with Crippen molar-refractivity contribution in [3.63, 3.8) is 0 Å². The van der Waals surface area contributed by atoms with Crippen molar-refractivity contribution in [3.8, 4) is 0 Å². The number of rotatable bonds is 3. The van der Waals surface area contributed by atoms with Crippen LogP contribution in [-0.2, 0) is 22.6 Å². The number of nitrogens with one attached hydrogen (secondary N) is 1. The molecular weight excluding hydrogens is 300 g/mol. The van der Waals surface area contributed by atoms with Crippen LogP contribution in [0, 0.1) is 0 Å². The van der Waals surface area contributed by atoms with Crippen LogP contribution in [-0.4, -0.2) is 31.3 Å². The van der Waals surface area contributed by atoms with Gasteiger partial charge in [0.05, 0.1) is 16.5 Å². The van der Waals surface area contributed by atoms with Gasteiger partial charge in [-0.05, 0) is 43.5 Å². The Balaban J connectivity index is 2.00. The summed E-state index contributed by atoms with van der Waals surface area (Å²) in [6, 6.07) is 9.23. The van der Waals surface area contributed by atoms with Crippen LogP contribution in [0.1, 0.15) is 18.4 Å². The van der Waals surface area contributed by atoms with E-state index in [1.54, 1.807) is 13.1 Å². The molecule has 0 amide bonds. The molecule has 1 fully saturated rings. The molecule has 5 nitrogen and oxygen atoms in total.